The summed E-state index contributed by atoms with van der Waals surface area (Å²) in [7, 11) is 0. The SMILES string of the molecule is CCc1cc(CC)c(C(Cl)CC2CCCCC2)c(CC)c1. The van der Waals surface area contributed by atoms with Gasteiger partial charge in [-0.2, -0.15) is 0 Å². The van der Waals surface area contributed by atoms with Crippen LogP contribution in [0.3, 0.4) is 0 Å². The van der Waals surface area contributed by atoms with Crippen LogP contribution < -0.4 is 0 Å². The van der Waals surface area contributed by atoms with Gasteiger partial charge in [-0.15, -0.1) is 11.6 Å². The molecular weight excluding hydrogens is 276 g/mol. The second kappa shape index (κ2) is 8.22. The van der Waals surface area contributed by atoms with Crippen LogP contribution in [-0.4, -0.2) is 0 Å². The first-order valence-corrected chi connectivity index (χ1v) is 9.41. The molecule has 0 bridgehead atoms. The molecule has 1 aliphatic rings. The number of benzene rings is 1. The summed E-state index contributed by atoms with van der Waals surface area (Å²) < 4.78 is 0. The zero-order chi connectivity index (χ0) is 15.2. The van der Waals surface area contributed by atoms with Crippen LogP contribution in [0.4, 0.5) is 0 Å². The standard InChI is InChI=1S/C20H31Cl/c1-4-15-12-17(5-2)20(18(6-3)13-15)19(21)14-16-10-8-7-9-11-16/h12-13,16,19H,4-11,14H2,1-3H3. The van der Waals surface area contributed by atoms with Crippen molar-refractivity contribution in [2.24, 2.45) is 5.92 Å². The fourth-order valence-electron chi connectivity index (χ4n) is 3.88. The minimum Gasteiger partial charge on any atom is -0.118 e. The monoisotopic (exact) mass is 306 g/mol. The molecule has 1 unspecified atom stereocenters. The van der Waals surface area contributed by atoms with Crippen LogP contribution in [-0.2, 0) is 19.3 Å². The van der Waals surface area contributed by atoms with E-state index >= 15 is 0 Å². The molecule has 1 aliphatic carbocycles. The minimum atomic E-state index is 0.212. The van der Waals surface area contributed by atoms with Crippen molar-refractivity contribution in [3.63, 3.8) is 0 Å². The highest BCUT2D eigenvalue weighted by Crippen LogP contribution is 2.38. The van der Waals surface area contributed by atoms with Gasteiger partial charge in [0, 0.05) is 0 Å². The molecule has 21 heavy (non-hydrogen) atoms. The third-order valence-corrected chi connectivity index (χ3v) is 5.56. The molecule has 0 amide bonds. The molecule has 0 radical (unpaired) electrons. The van der Waals surface area contributed by atoms with E-state index in [9.17, 15) is 0 Å². The summed E-state index contributed by atoms with van der Waals surface area (Å²) >= 11 is 6.90. The van der Waals surface area contributed by atoms with E-state index in [1.807, 2.05) is 0 Å². The van der Waals surface area contributed by atoms with Crippen LogP contribution in [0.1, 0.15) is 86.9 Å². The third-order valence-electron chi connectivity index (χ3n) is 5.16. The second-order valence-electron chi connectivity index (χ2n) is 6.60. The van der Waals surface area contributed by atoms with E-state index in [4.69, 9.17) is 11.6 Å². The Kier molecular flexibility index (Phi) is 6.61. The molecule has 0 heterocycles. The van der Waals surface area contributed by atoms with Crippen molar-refractivity contribution in [2.45, 2.75) is 83.9 Å². The Labute approximate surface area is 136 Å². The molecular formula is C20H31Cl. The zero-order valence-corrected chi connectivity index (χ0v) is 14.8. The maximum atomic E-state index is 6.90. The smallest absolute Gasteiger partial charge is 0.0593 e. The highest BCUT2D eigenvalue weighted by atomic mass is 35.5. The quantitative estimate of drug-likeness (QED) is 0.518. The summed E-state index contributed by atoms with van der Waals surface area (Å²) in [6.45, 7) is 6.78. The molecule has 118 valence electrons. The van der Waals surface area contributed by atoms with Crippen molar-refractivity contribution in [1.29, 1.82) is 0 Å². The molecule has 0 nitrogen and oxygen atoms in total. The summed E-state index contributed by atoms with van der Waals surface area (Å²) in [5.41, 5.74) is 5.91. The lowest BCUT2D eigenvalue weighted by Gasteiger charge is -2.26. The molecule has 1 atom stereocenters. The van der Waals surface area contributed by atoms with Gasteiger partial charge in [-0.25, -0.2) is 0 Å². The average molecular weight is 307 g/mol. The van der Waals surface area contributed by atoms with Gasteiger partial charge in [0.25, 0.3) is 0 Å². The van der Waals surface area contributed by atoms with Crippen molar-refractivity contribution >= 4 is 11.6 Å². The number of halogens is 1. The second-order valence-corrected chi connectivity index (χ2v) is 7.12. The Hall–Kier alpha value is -0.490. The van der Waals surface area contributed by atoms with Crippen molar-refractivity contribution in [3.05, 3.63) is 34.4 Å². The summed E-state index contributed by atoms with van der Waals surface area (Å²) in [6, 6.07) is 4.79. The number of rotatable bonds is 6. The Morgan fingerprint density at radius 3 is 2.00 bits per heavy atom. The molecule has 1 fully saturated rings. The molecule has 0 saturated heterocycles. The fourth-order valence-corrected chi connectivity index (χ4v) is 4.41. The summed E-state index contributed by atoms with van der Waals surface area (Å²) in [4.78, 5) is 0. The number of aryl methyl sites for hydroxylation is 3. The lowest BCUT2D eigenvalue weighted by molar-refractivity contribution is 0.335. The maximum Gasteiger partial charge on any atom is 0.0593 e. The Bertz CT molecular complexity index is 418. The molecule has 0 aromatic heterocycles. The third kappa shape index (κ3) is 4.25. The van der Waals surface area contributed by atoms with Gasteiger partial charge in [-0.3, -0.25) is 0 Å². The van der Waals surface area contributed by atoms with Crippen LogP contribution in [0.15, 0.2) is 12.1 Å². The largest absolute Gasteiger partial charge is 0.118 e. The van der Waals surface area contributed by atoms with Crippen molar-refractivity contribution in [1.82, 2.24) is 0 Å². The van der Waals surface area contributed by atoms with Crippen molar-refractivity contribution in [2.75, 3.05) is 0 Å². The molecule has 1 aromatic carbocycles. The van der Waals surface area contributed by atoms with Crippen LogP contribution in [0.2, 0.25) is 0 Å². The summed E-state index contributed by atoms with van der Waals surface area (Å²) in [5, 5.41) is 0.212. The van der Waals surface area contributed by atoms with Crippen molar-refractivity contribution < 1.29 is 0 Å². The number of alkyl halides is 1. The van der Waals surface area contributed by atoms with Crippen LogP contribution in [0.25, 0.3) is 0 Å². The number of hydrogen-bond acceptors (Lipinski definition) is 0. The topological polar surface area (TPSA) is 0 Å². The van der Waals surface area contributed by atoms with Gasteiger partial charge in [0.2, 0.25) is 0 Å². The van der Waals surface area contributed by atoms with E-state index in [0.29, 0.717) is 0 Å². The van der Waals surface area contributed by atoms with Gasteiger partial charge in [-0.1, -0.05) is 65.0 Å². The van der Waals surface area contributed by atoms with E-state index in [2.05, 4.69) is 32.9 Å². The van der Waals surface area contributed by atoms with Gasteiger partial charge in [-0.05, 0) is 53.9 Å². The Balaban J connectivity index is 2.23. The highest BCUT2D eigenvalue weighted by molar-refractivity contribution is 6.21. The Morgan fingerprint density at radius 1 is 0.952 bits per heavy atom. The van der Waals surface area contributed by atoms with Gasteiger partial charge in [0.1, 0.15) is 0 Å². The zero-order valence-electron chi connectivity index (χ0n) is 14.1. The first kappa shape index (κ1) is 16.9. The lowest BCUT2D eigenvalue weighted by Crippen LogP contribution is -2.11. The predicted octanol–water partition coefficient (Wildman–Crippen LogP) is 6.62. The maximum absolute atomic E-state index is 6.90. The fraction of sp³-hybridized carbons (Fsp3) is 0.700. The van der Waals surface area contributed by atoms with Gasteiger partial charge < -0.3 is 0 Å². The van der Waals surface area contributed by atoms with Crippen molar-refractivity contribution in [3.8, 4) is 0 Å². The molecule has 1 heteroatoms. The van der Waals surface area contributed by atoms with Gasteiger partial charge in [0.05, 0.1) is 5.38 Å². The average Bonchev–Trinajstić information content (AvgIpc) is 2.54. The molecule has 1 saturated carbocycles. The normalized spacial score (nSPS) is 17.9. The number of hydrogen-bond donors (Lipinski definition) is 0. The predicted molar refractivity (Wildman–Crippen MR) is 94.4 cm³/mol. The lowest BCUT2D eigenvalue weighted by atomic mass is 9.82. The van der Waals surface area contributed by atoms with E-state index in [0.717, 1.165) is 25.2 Å². The van der Waals surface area contributed by atoms with Crippen LogP contribution >= 0.6 is 11.6 Å². The van der Waals surface area contributed by atoms with Gasteiger partial charge in [0.15, 0.2) is 0 Å². The van der Waals surface area contributed by atoms with E-state index in [-0.39, 0.29) is 5.38 Å². The molecule has 0 aliphatic heterocycles. The minimum absolute atomic E-state index is 0.212. The summed E-state index contributed by atoms with van der Waals surface area (Å²) in [6.07, 6.45) is 11.5. The molecule has 0 N–H and O–H groups in total. The molecule has 0 spiro atoms. The highest BCUT2D eigenvalue weighted by Gasteiger charge is 2.22. The van der Waals surface area contributed by atoms with E-state index in [1.54, 1.807) is 0 Å². The van der Waals surface area contributed by atoms with E-state index < -0.39 is 0 Å². The first-order chi connectivity index (χ1) is 10.2. The molecule has 1 aromatic rings. The Morgan fingerprint density at radius 2 is 1.52 bits per heavy atom. The van der Waals surface area contributed by atoms with Gasteiger partial charge >= 0.3 is 0 Å². The van der Waals surface area contributed by atoms with E-state index in [1.165, 1.54) is 60.8 Å². The summed E-state index contributed by atoms with van der Waals surface area (Å²) in [5.74, 6) is 0.849. The van der Waals surface area contributed by atoms with Crippen LogP contribution in [0, 0.1) is 5.92 Å². The van der Waals surface area contributed by atoms with Crippen LogP contribution in [0.5, 0.6) is 0 Å². The first-order valence-electron chi connectivity index (χ1n) is 8.98. The molecule has 2 rings (SSSR count).